The summed E-state index contributed by atoms with van der Waals surface area (Å²) < 4.78 is 13.3. The van der Waals surface area contributed by atoms with Gasteiger partial charge in [0, 0.05) is 18.8 Å². The Morgan fingerprint density at radius 3 is 2.54 bits per heavy atom. The minimum atomic E-state index is -0.329. The number of carbonyl (C=O) groups is 1. The van der Waals surface area contributed by atoms with Gasteiger partial charge in [0.2, 0.25) is 0 Å². The van der Waals surface area contributed by atoms with Gasteiger partial charge in [-0.15, -0.1) is 0 Å². The standard InChI is InChI=1S/C20H20FN3OS/c1-3-24(4-2)17-10-8-16(9-11-17)22-20-23-19(25)18(26-20)13-14-6-5-7-15(21)12-14/h5-13H,3-4H2,1-2H3,(H,22,23,25)/b18-13-. The molecule has 0 bridgehead atoms. The quantitative estimate of drug-likeness (QED) is 0.786. The van der Waals surface area contributed by atoms with Crippen molar-refractivity contribution in [1.29, 1.82) is 0 Å². The molecule has 0 atom stereocenters. The molecule has 1 amide bonds. The average molecular weight is 369 g/mol. The SMILES string of the molecule is CCN(CC)c1ccc(N=C2NC(=O)/C(=C/c3cccc(F)c3)S2)cc1. The molecule has 6 heteroatoms. The third kappa shape index (κ3) is 4.32. The molecule has 1 N–H and O–H groups in total. The first kappa shape index (κ1) is 18.2. The fourth-order valence-corrected chi connectivity index (χ4v) is 3.51. The summed E-state index contributed by atoms with van der Waals surface area (Å²) in [6.07, 6.45) is 1.66. The predicted molar refractivity (Wildman–Crippen MR) is 107 cm³/mol. The third-order valence-corrected chi connectivity index (χ3v) is 4.92. The van der Waals surface area contributed by atoms with Crippen LogP contribution >= 0.6 is 11.8 Å². The highest BCUT2D eigenvalue weighted by molar-refractivity contribution is 8.18. The number of rotatable bonds is 5. The maximum atomic E-state index is 13.3. The van der Waals surface area contributed by atoms with Gasteiger partial charge in [0.15, 0.2) is 5.17 Å². The van der Waals surface area contributed by atoms with Crippen molar-refractivity contribution in [3.63, 3.8) is 0 Å². The molecule has 0 saturated carbocycles. The van der Waals surface area contributed by atoms with E-state index in [0.717, 1.165) is 24.5 Å². The van der Waals surface area contributed by atoms with E-state index in [9.17, 15) is 9.18 Å². The maximum Gasteiger partial charge on any atom is 0.264 e. The van der Waals surface area contributed by atoms with E-state index < -0.39 is 0 Å². The number of benzene rings is 2. The average Bonchev–Trinajstić information content (AvgIpc) is 2.96. The molecule has 3 rings (SSSR count). The summed E-state index contributed by atoms with van der Waals surface area (Å²) in [7, 11) is 0. The monoisotopic (exact) mass is 369 g/mol. The Labute approximate surface area is 156 Å². The van der Waals surface area contributed by atoms with Crippen LogP contribution in [0.15, 0.2) is 58.4 Å². The highest BCUT2D eigenvalue weighted by Gasteiger charge is 2.23. The lowest BCUT2D eigenvalue weighted by Gasteiger charge is -2.20. The fourth-order valence-electron chi connectivity index (χ4n) is 2.67. The van der Waals surface area contributed by atoms with Gasteiger partial charge in [-0.2, -0.15) is 0 Å². The Balaban J connectivity index is 1.75. The molecule has 2 aromatic rings. The lowest BCUT2D eigenvalue weighted by atomic mass is 10.2. The minimum absolute atomic E-state index is 0.224. The second-order valence-corrected chi connectivity index (χ2v) is 6.76. The number of aliphatic imine (C=N–C) groups is 1. The Morgan fingerprint density at radius 2 is 1.88 bits per heavy atom. The Hall–Kier alpha value is -2.60. The number of hydrogen-bond donors (Lipinski definition) is 1. The Bertz CT molecular complexity index is 858. The van der Waals surface area contributed by atoms with Crippen LogP contribution in [0.3, 0.4) is 0 Å². The number of nitrogens with zero attached hydrogens (tertiary/aromatic N) is 2. The zero-order valence-corrected chi connectivity index (χ0v) is 15.5. The summed E-state index contributed by atoms with van der Waals surface area (Å²) in [4.78, 5) is 19.3. The highest BCUT2D eigenvalue weighted by atomic mass is 32.2. The second kappa shape index (κ2) is 8.19. The van der Waals surface area contributed by atoms with Gasteiger partial charge in [-0.1, -0.05) is 12.1 Å². The lowest BCUT2D eigenvalue weighted by molar-refractivity contribution is -0.115. The van der Waals surface area contributed by atoms with Crippen molar-refractivity contribution in [2.24, 2.45) is 4.99 Å². The van der Waals surface area contributed by atoms with Crippen molar-refractivity contribution in [3.05, 3.63) is 64.8 Å². The van der Waals surface area contributed by atoms with E-state index in [2.05, 4.69) is 29.1 Å². The molecule has 1 aliphatic rings. The first-order valence-corrected chi connectivity index (χ1v) is 9.31. The van der Waals surface area contributed by atoms with Gasteiger partial charge >= 0.3 is 0 Å². The summed E-state index contributed by atoms with van der Waals surface area (Å²) in [6, 6.07) is 14.1. The summed E-state index contributed by atoms with van der Waals surface area (Å²) in [6.45, 7) is 6.14. The smallest absolute Gasteiger partial charge is 0.264 e. The van der Waals surface area contributed by atoms with E-state index >= 15 is 0 Å². The van der Waals surface area contributed by atoms with E-state index in [4.69, 9.17) is 0 Å². The molecule has 1 fully saturated rings. The second-order valence-electron chi connectivity index (χ2n) is 5.73. The van der Waals surface area contributed by atoms with Gasteiger partial charge in [0.05, 0.1) is 10.6 Å². The van der Waals surface area contributed by atoms with Crippen molar-refractivity contribution in [1.82, 2.24) is 5.32 Å². The number of carbonyl (C=O) groups excluding carboxylic acids is 1. The highest BCUT2D eigenvalue weighted by Crippen LogP contribution is 2.28. The molecule has 2 aromatic carbocycles. The predicted octanol–water partition coefficient (Wildman–Crippen LogP) is 4.56. The zero-order chi connectivity index (χ0) is 18.5. The molecular weight excluding hydrogens is 349 g/mol. The molecule has 0 radical (unpaired) electrons. The number of amides is 1. The van der Waals surface area contributed by atoms with E-state index in [1.807, 2.05) is 24.3 Å². The maximum absolute atomic E-state index is 13.3. The number of anilines is 1. The summed E-state index contributed by atoms with van der Waals surface area (Å²) in [5.41, 5.74) is 2.57. The molecule has 26 heavy (non-hydrogen) atoms. The van der Waals surface area contributed by atoms with Crippen LogP contribution in [-0.4, -0.2) is 24.2 Å². The Kier molecular flexibility index (Phi) is 5.73. The first-order chi connectivity index (χ1) is 12.6. The van der Waals surface area contributed by atoms with Crippen molar-refractivity contribution in [2.75, 3.05) is 18.0 Å². The molecule has 0 spiro atoms. The van der Waals surface area contributed by atoms with Gasteiger partial charge in [-0.25, -0.2) is 9.38 Å². The topological polar surface area (TPSA) is 44.7 Å². The molecule has 1 aliphatic heterocycles. The largest absolute Gasteiger partial charge is 0.372 e. The zero-order valence-electron chi connectivity index (χ0n) is 14.7. The Morgan fingerprint density at radius 1 is 1.15 bits per heavy atom. The van der Waals surface area contributed by atoms with Gasteiger partial charge in [0.25, 0.3) is 5.91 Å². The van der Waals surface area contributed by atoms with Crippen LogP contribution in [0, 0.1) is 5.82 Å². The summed E-state index contributed by atoms with van der Waals surface area (Å²) >= 11 is 1.25. The van der Waals surface area contributed by atoms with Crippen LogP contribution in [-0.2, 0) is 4.79 Å². The number of amidine groups is 1. The molecule has 0 aliphatic carbocycles. The van der Waals surface area contributed by atoms with E-state index in [1.165, 1.54) is 23.9 Å². The summed E-state index contributed by atoms with van der Waals surface area (Å²) in [5, 5.41) is 3.27. The van der Waals surface area contributed by atoms with E-state index in [0.29, 0.717) is 15.6 Å². The number of nitrogens with one attached hydrogen (secondary N) is 1. The van der Waals surface area contributed by atoms with Crippen LogP contribution in [0.25, 0.3) is 6.08 Å². The van der Waals surface area contributed by atoms with Gasteiger partial charge in [-0.3, -0.25) is 4.79 Å². The number of halogens is 1. The minimum Gasteiger partial charge on any atom is -0.372 e. The van der Waals surface area contributed by atoms with Crippen LogP contribution in [0.1, 0.15) is 19.4 Å². The van der Waals surface area contributed by atoms with Gasteiger partial charge in [0.1, 0.15) is 5.82 Å². The van der Waals surface area contributed by atoms with Crippen LogP contribution in [0.4, 0.5) is 15.8 Å². The van der Waals surface area contributed by atoms with Crippen molar-refractivity contribution in [2.45, 2.75) is 13.8 Å². The van der Waals surface area contributed by atoms with Crippen molar-refractivity contribution >= 4 is 40.3 Å². The third-order valence-electron chi connectivity index (χ3n) is 4.01. The van der Waals surface area contributed by atoms with Crippen LogP contribution in [0.5, 0.6) is 0 Å². The van der Waals surface area contributed by atoms with E-state index in [-0.39, 0.29) is 11.7 Å². The van der Waals surface area contributed by atoms with Crippen molar-refractivity contribution < 1.29 is 9.18 Å². The van der Waals surface area contributed by atoms with Gasteiger partial charge in [-0.05, 0) is 73.6 Å². The van der Waals surface area contributed by atoms with E-state index in [1.54, 1.807) is 18.2 Å². The molecule has 4 nitrogen and oxygen atoms in total. The molecule has 1 heterocycles. The molecule has 134 valence electrons. The van der Waals surface area contributed by atoms with Crippen LogP contribution < -0.4 is 10.2 Å². The number of thioether (sulfide) groups is 1. The molecule has 0 aromatic heterocycles. The lowest BCUT2D eigenvalue weighted by Crippen LogP contribution is -2.21. The molecule has 1 saturated heterocycles. The first-order valence-electron chi connectivity index (χ1n) is 8.49. The van der Waals surface area contributed by atoms with Crippen molar-refractivity contribution in [3.8, 4) is 0 Å². The number of hydrogen-bond acceptors (Lipinski definition) is 4. The molecular formula is C20H20FN3OS. The van der Waals surface area contributed by atoms with Gasteiger partial charge < -0.3 is 10.2 Å². The fraction of sp³-hybridized carbons (Fsp3) is 0.200. The summed E-state index contributed by atoms with van der Waals surface area (Å²) in [5.74, 6) is -0.553. The normalized spacial score (nSPS) is 17.0. The molecule has 0 unspecified atom stereocenters. The van der Waals surface area contributed by atoms with Crippen LogP contribution in [0.2, 0.25) is 0 Å².